The van der Waals surface area contributed by atoms with Crippen molar-refractivity contribution in [3.63, 3.8) is 0 Å². The summed E-state index contributed by atoms with van der Waals surface area (Å²) < 4.78 is 21.6. The molecule has 0 unspecified atom stereocenters. The lowest BCUT2D eigenvalue weighted by molar-refractivity contribution is 0.608. The average Bonchev–Trinajstić information content (AvgIpc) is 2.02. The summed E-state index contributed by atoms with van der Waals surface area (Å²) in [6.45, 7) is 0. The molecule has 0 fully saturated rings. The minimum Gasteiger partial charge on any atom is -0.250 e. The molecule has 0 saturated carbocycles. The van der Waals surface area contributed by atoms with Crippen LogP contribution in [0.3, 0.4) is 0 Å². The van der Waals surface area contributed by atoms with Crippen LogP contribution in [0.15, 0.2) is 23.4 Å². The van der Waals surface area contributed by atoms with Crippen molar-refractivity contribution in [2.75, 3.05) is 6.26 Å². The van der Waals surface area contributed by atoms with Crippen LogP contribution < -0.4 is 0 Å². The lowest BCUT2D eigenvalue weighted by atomic mass is 10.3. The summed E-state index contributed by atoms with van der Waals surface area (Å²) in [5, 5.41) is 0.701. The predicted molar refractivity (Wildman–Crippen MR) is 54.5 cm³/mol. The summed E-state index contributed by atoms with van der Waals surface area (Å²) in [6, 6.07) is 3.40. The Kier molecular flexibility index (Phi) is 3.58. The number of thioether (sulfide) groups is 1. The highest BCUT2D eigenvalue weighted by molar-refractivity contribution is 8.13. The molecule has 0 aliphatic rings. The van der Waals surface area contributed by atoms with E-state index < -0.39 is 9.05 Å². The Morgan fingerprint density at radius 1 is 1.62 bits per heavy atom. The van der Waals surface area contributed by atoms with Gasteiger partial charge in [-0.3, -0.25) is 0 Å². The maximum Gasteiger partial charge on any atom is 0.236 e. The van der Waals surface area contributed by atoms with E-state index in [-0.39, 0.29) is 5.75 Å². The van der Waals surface area contributed by atoms with Crippen LogP contribution in [0.1, 0.15) is 5.56 Å². The molecule has 0 bridgehead atoms. The summed E-state index contributed by atoms with van der Waals surface area (Å²) in [4.78, 5) is 4.02. The van der Waals surface area contributed by atoms with Crippen molar-refractivity contribution in [2.24, 2.45) is 0 Å². The highest BCUT2D eigenvalue weighted by Crippen LogP contribution is 2.20. The number of hydrogen-bond donors (Lipinski definition) is 0. The van der Waals surface area contributed by atoms with Crippen molar-refractivity contribution in [2.45, 2.75) is 10.8 Å². The first-order valence-electron chi connectivity index (χ1n) is 3.43. The van der Waals surface area contributed by atoms with Crippen molar-refractivity contribution in [3.05, 3.63) is 23.9 Å². The molecule has 0 atom stereocenters. The summed E-state index contributed by atoms with van der Waals surface area (Å²) in [5.74, 6) is -0.168. The van der Waals surface area contributed by atoms with Gasteiger partial charge >= 0.3 is 0 Å². The van der Waals surface area contributed by atoms with E-state index in [1.165, 1.54) is 11.8 Å². The van der Waals surface area contributed by atoms with E-state index in [1.54, 1.807) is 18.3 Å². The Morgan fingerprint density at radius 2 is 2.31 bits per heavy atom. The molecule has 3 nitrogen and oxygen atoms in total. The minimum atomic E-state index is -3.49. The van der Waals surface area contributed by atoms with Gasteiger partial charge in [0.1, 0.15) is 0 Å². The summed E-state index contributed by atoms with van der Waals surface area (Å²) >= 11 is 1.40. The average molecular weight is 238 g/mol. The molecule has 13 heavy (non-hydrogen) atoms. The summed E-state index contributed by atoms with van der Waals surface area (Å²) in [6.07, 6.45) is 3.46. The van der Waals surface area contributed by atoms with Gasteiger partial charge in [0.2, 0.25) is 9.05 Å². The molecule has 0 saturated heterocycles. The van der Waals surface area contributed by atoms with Crippen molar-refractivity contribution >= 4 is 31.5 Å². The van der Waals surface area contributed by atoms with Crippen LogP contribution in [0.25, 0.3) is 0 Å². The zero-order valence-corrected chi connectivity index (χ0v) is 9.29. The Bertz CT molecular complexity index is 391. The normalized spacial score (nSPS) is 11.5. The van der Waals surface area contributed by atoms with E-state index in [0.717, 1.165) is 0 Å². The quantitative estimate of drug-likeness (QED) is 0.595. The second-order valence-corrected chi connectivity index (χ2v) is 5.93. The summed E-state index contributed by atoms with van der Waals surface area (Å²) in [5.41, 5.74) is 0.644. The second-order valence-electron chi connectivity index (χ2n) is 2.35. The maximum atomic E-state index is 10.8. The SMILES string of the molecule is CSc1ncccc1CS(=O)(=O)Cl. The fourth-order valence-electron chi connectivity index (χ4n) is 0.904. The number of hydrogen-bond acceptors (Lipinski definition) is 4. The standard InChI is InChI=1S/C7H8ClNO2S2/c1-12-7-6(3-2-4-9-7)5-13(8,10)11/h2-4H,5H2,1H3. The molecule has 0 aromatic carbocycles. The van der Waals surface area contributed by atoms with Crippen molar-refractivity contribution in [1.82, 2.24) is 4.98 Å². The van der Waals surface area contributed by atoms with E-state index in [9.17, 15) is 8.42 Å². The van der Waals surface area contributed by atoms with Crippen LogP contribution >= 0.6 is 22.4 Å². The van der Waals surface area contributed by atoms with Crippen LogP contribution in [-0.4, -0.2) is 19.7 Å². The van der Waals surface area contributed by atoms with Crippen LogP contribution in [0.2, 0.25) is 0 Å². The van der Waals surface area contributed by atoms with Gasteiger partial charge in [-0.15, -0.1) is 11.8 Å². The third kappa shape index (κ3) is 3.54. The number of pyridine rings is 1. The molecule has 0 amide bonds. The van der Waals surface area contributed by atoms with Gasteiger partial charge in [0.05, 0.1) is 10.8 Å². The minimum absolute atomic E-state index is 0.168. The highest BCUT2D eigenvalue weighted by atomic mass is 35.7. The molecular weight excluding hydrogens is 230 g/mol. The monoisotopic (exact) mass is 237 g/mol. The molecule has 1 aromatic heterocycles. The van der Waals surface area contributed by atoms with Gasteiger partial charge < -0.3 is 0 Å². The van der Waals surface area contributed by atoms with E-state index in [1.807, 2.05) is 6.26 Å². The molecule has 6 heteroatoms. The molecular formula is C7H8ClNO2S2. The number of nitrogens with zero attached hydrogens (tertiary/aromatic N) is 1. The molecule has 0 aliphatic heterocycles. The van der Waals surface area contributed by atoms with E-state index in [4.69, 9.17) is 10.7 Å². The lowest BCUT2D eigenvalue weighted by Crippen LogP contribution is -1.97. The predicted octanol–water partition coefficient (Wildman–Crippen LogP) is 1.87. The van der Waals surface area contributed by atoms with Gasteiger partial charge in [0.25, 0.3) is 0 Å². The Hall–Kier alpha value is -0.260. The lowest BCUT2D eigenvalue weighted by Gasteiger charge is -2.02. The van der Waals surface area contributed by atoms with Gasteiger partial charge in [-0.05, 0) is 12.3 Å². The Labute approximate surface area is 85.9 Å². The molecule has 0 spiro atoms. The molecule has 0 aliphatic carbocycles. The van der Waals surface area contributed by atoms with Gasteiger partial charge in [0, 0.05) is 22.4 Å². The largest absolute Gasteiger partial charge is 0.250 e. The third-order valence-corrected chi connectivity index (χ3v) is 3.11. The van der Waals surface area contributed by atoms with Gasteiger partial charge in [0.15, 0.2) is 0 Å². The zero-order chi connectivity index (χ0) is 9.90. The Balaban J connectivity index is 3.01. The van der Waals surface area contributed by atoms with Crippen molar-refractivity contribution in [3.8, 4) is 0 Å². The highest BCUT2D eigenvalue weighted by Gasteiger charge is 2.10. The van der Waals surface area contributed by atoms with Crippen LogP contribution in [-0.2, 0) is 14.8 Å². The van der Waals surface area contributed by atoms with Crippen molar-refractivity contribution < 1.29 is 8.42 Å². The second kappa shape index (κ2) is 4.30. The Morgan fingerprint density at radius 3 is 2.85 bits per heavy atom. The fraction of sp³-hybridized carbons (Fsp3) is 0.286. The molecule has 1 rings (SSSR count). The zero-order valence-electron chi connectivity index (χ0n) is 6.90. The first-order chi connectivity index (χ1) is 6.03. The topological polar surface area (TPSA) is 47.0 Å². The van der Waals surface area contributed by atoms with E-state index in [0.29, 0.717) is 10.6 Å². The first kappa shape index (κ1) is 10.8. The summed E-state index contributed by atoms with van der Waals surface area (Å²) in [7, 11) is 1.64. The van der Waals surface area contributed by atoms with E-state index >= 15 is 0 Å². The molecule has 72 valence electrons. The molecule has 1 aromatic rings. The number of aromatic nitrogens is 1. The van der Waals surface area contributed by atoms with E-state index in [2.05, 4.69) is 4.98 Å². The van der Waals surface area contributed by atoms with Crippen molar-refractivity contribution in [1.29, 1.82) is 0 Å². The van der Waals surface area contributed by atoms with Crippen LogP contribution in [0.4, 0.5) is 0 Å². The number of rotatable bonds is 3. The third-order valence-electron chi connectivity index (χ3n) is 1.37. The molecule has 0 N–H and O–H groups in total. The smallest absolute Gasteiger partial charge is 0.236 e. The molecule has 1 heterocycles. The fourth-order valence-corrected chi connectivity index (χ4v) is 2.52. The van der Waals surface area contributed by atoms with Crippen LogP contribution in [0, 0.1) is 0 Å². The van der Waals surface area contributed by atoms with Crippen LogP contribution in [0.5, 0.6) is 0 Å². The first-order valence-corrected chi connectivity index (χ1v) is 7.13. The van der Waals surface area contributed by atoms with Gasteiger partial charge in [-0.2, -0.15) is 0 Å². The van der Waals surface area contributed by atoms with Gasteiger partial charge in [-0.25, -0.2) is 13.4 Å². The van der Waals surface area contributed by atoms with Gasteiger partial charge in [-0.1, -0.05) is 6.07 Å². The number of halogens is 1. The maximum absolute atomic E-state index is 10.8. The molecule has 0 radical (unpaired) electrons.